The number of likely N-dealkylation sites (N-methyl/N-ethyl adjacent to an activating group) is 1. The Bertz CT molecular complexity index is 1160. The van der Waals surface area contributed by atoms with E-state index in [1.165, 1.54) is 17.3 Å². The van der Waals surface area contributed by atoms with Gasteiger partial charge < -0.3 is 29.5 Å². The minimum Gasteiger partial charge on any atom is -0.494 e. The van der Waals surface area contributed by atoms with E-state index in [1.54, 1.807) is 13.1 Å². The van der Waals surface area contributed by atoms with E-state index in [9.17, 15) is 15.3 Å². The van der Waals surface area contributed by atoms with Gasteiger partial charge in [0.25, 0.3) is 11.9 Å². The maximum absolute atomic E-state index is 10.8. The van der Waals surface area contributed by atoms with Gasteiger partial charge in [-0.2, -0.15) is 0 Å². The normalized spacial score (nSPS) is 18.4. The smallest absolute Gasteiger partial charge is 0.494 e. The Morgan fingerprint density at radius 1 is 0.909 bits per heavy atom. The molecule has 0 aromatic heterocycles. The van der Waals surface area contributed by atoms with Gasteiger partial charge in [-0.25, -0.2) is 0 Å². The van der Waals surface area contributed by atoms with Crippen molar-refractivity contribution >= 4 is 23.4 Å². The molecule has 7 nitrogen and oxygen atoms in total. The van der Waals surface area contributed by atoms with E-state index in [1.807, 2.05) is 66.5 Å². The molecule has 3 aromatic carbocycles. The third kappa shape index (κ3) is 5.80. The van der Waals surface area contributed by atoms with E-state index in [0.29, 0.717) is 18.6 Å². The topological polar surface area (TPSA) is 85.6 Å². The molecule has 0 saturated heterocycles. The Kier molecular flexibility index (Phi) is 6.77. The summed E-state index contributed by atoms with van der Waals surface area (Å²) >= 11 is 0. The van der Waals surface area contributed by atoms with Crippen molar-refractivity contribution in [2.75, 3.05) is 20.6 Å². The first-order valence-corrected chi connectivity index (χ1v) is 10.7. The number of rotatable bonds is 6. The van der Waals surface area contributed by atoms with Crippen molar-refractivity contribution in [3.8, 4) is 0 Å². The minimum absolute atomic E-state index is 0.327. The average Bonchev–Trinajstić information content (AvgIpc) is 2.77. The number of hydrogen-bond acceptors (Lipinski definition) is 7. The molecule has 0 saturated carbocycles. The van der Waals surface area contributed by atoms with Gasteiger partial charge in [0, 0.05) is 25.6 Å². The van der Waals surface area contributed by atoms with E-state index >= 15 is 0 Å². The van der Waals surface area contributed by atoms with Crippen LogP contribution in [0, 0.1) is 0 Å². The Labute approximate surface area is 193 Å². The van der Waals surface area contributed by atoms with Gasteiger partial charge in [0.1, 0.15) is 0 Å². The van der Waals surface area contributed by atoms with Gasteiger partial charge in [-0.05, 0) is 35.0 Å². The molecule has 0 fully saturated rings. The minimum atomic E-state index is -1.00. The fraction of sp³-hybridized carbons (Fsp3) is 0.200. The van der Waals surface area contributed by atoms with Crippen LogP contribution in [0.4, 0.5) is 0 Å². The molecule has 1 unspecified atom stereocenters. The Morgan fingerprint density at radius 2 is 1.61 bits per heavy atom. The quantitative estimate of drug-likeness (QED) is 0.501. The monoisotopic (exact) mass is 446 g/mol. The van der Waals surface area contributed by atoms with Gasteiger partial charge in [-0.1, -0.05) is 60.7 Å². The third-order valence-electron chi connectivity index (χ3n) is 5.40. The van der Waals surface area contributed by atoms with Crippen LogP contribution in [0.15, 0.2) is 91.0 Å². The number of hydrogen-bond donors (Lipinski definition) is 3. The first-order chi connectivity index (χ1) is 15.9. The van der Waals surface area contributed by atoms with Crippen LogP contribution in [0.3, 0.4) is 0 Å². The van der Waals surface area contributed by atoms with Crippen molar-refractivity contribution in [3.63, 3.8) is 0 Å². The van der Waals surface area contributed by atoms with E-state index in [0.717, 1.165) is 21.9 Å². The van der Waals surface area contributed by atoms with Crippen LogP contribution >= 0.6 is 0 Å². The van der Waals surface area contributed by atoms with Crippen LogP contribution in [0.2, 0.25) is 0 Å². The molecule has 1 heterocycles. The predicted octanol–water partition coefficient (Wildman–Crippen LogP) is 3.39. The Hall–Kier alpha value is -3.62. The van der Waals surface area contributed by atoms with Gasteiger partial charge in [0.15, 0.2) is 0 Å². The van der Waals surface area contributed by atoms with Crippen molar-refractivity contribution in [1.82, 2.24) is 9.80 Å². The highest BCUT2D eigenvalue weighted by molar-refractivity contribution is 6.61. The second-order valence-corrected chi connectivity index (χ2v) is 8.23. The van der Waals surface area contributed by atoms with Gasteiger partial charge in [-0.15, -0.1) is 0 Å². The molecule has 8 heteroatoms. The molecule has 0 bridgehead atoms. The largest absolute Gasteiger partial charge is 0.636 e. The maximum Gasteiger partial charge on any atom is 0.636 e. The Balaban J connectivity index is 1.43. The Morgan fingerprint density at radius 3 is 2.33 bits per heavy atom. The lowest BCUT2D eigenvalue weighted by atomic mass is 9.78. The zero-order valence-electron chi connectivity index (χ0n) is 18.6. The fourth-order valence-electron chi connectivity index (χ4n) is 3.86. The maximum atomic E-state index is 10.8. The summed E-state index contributed by atoms with van der Waals surface area (Å²) < 4.78 is 10.9. The fourth-order valence-corrected chi connectivity index (χ4v) is 3.86. The van der Waals surface area contributed by atoms with Crippen LogP contribution in [-0.2, 0) is 15.9 Å². The summed E-state index contributed by atoms with van der Waals surface area (Å²) in [5.74, 6) is -0.653. The summed E-state index contributed by atoms with van der Waals surface area (Å²) in [5, 5.41) is 32.9. The SMILES string of the molecule is CN1/C=C(/O)OB(c2cccc(CN(C)CC(O)c3ccc4ccccc4c3)c2)O/C(O)=C\1. The summed E-state index contributed by atoms with van der Waals surface area (Å²) in [6.45, 7) is 1.04. The second-order valence-electron chi connectivity index (χ2n) is 8.23. The van der Waals surface area contributed by atoms with Crippen LogP contribution in [0.5, 0.6) is 0 Å². The number of aliphatic hydroxyl groups is 3. The van der Waals surface area contributed by atoms with Gasteiger partial charge >= 0.3 is 7.12 Å². The zero-order chi connectivity index (χ0) is 23.4. The first kappa shape index (κ1) is 22.6. The number of aliphatic hydroxyl groups excluding tert-OH is 3. The lowest BCUT2D eigenvalue weighted by Gasteiger charge is -2.22. The molecule has 0 amide bonds. The highest BCUT2D eigenvalue weighted by Crippen LogP contribution is 2.21. The lowest BCUT2D eigenvalue weighted by Crippen LogP contribution is -2.38. The predicted molar refractivity (Wildman–Crippen MR) is 128 cm³/mol. The molecule has 0 aliphatic carbocycles. The van der Waals surface area contributed by atoms with Crippen molar-refractivity contribution in [3.05, 3.63) is 102 Å². The van der Waals surface area contributed by atoms with Crippen molar-refractivity contribution in [2.45, 2.75) is 12.6 Å². The third-order valence-corrected chi connectivity index (χ3v) is 5.40. The summed E-state index contributed by atoms with van der Waals surface area (Å²) in [7, 11) is 2.57. The van der Waals surface area contributed by atoms with Crippen LogP contribution in [0.25, 0.3) is 10.8 Å². The molecule has 33 heavy (non-hydrogen) atoms. The summed E-state index contributed by atoms with van der Waals surface area (Å²) in [6.07, 6.45) is 2.04. The van der Waals surface area contributed by atoms with E-state index in [4.69, 9.17) is 9.31 Å². The number of benzene rings is 3. The van der Waals surface area contributed by atoms with Crippen LogP contribution < -0.4 is 5.46 Å². The van der Waals surface area contributed by atoms with Gasteiger partial charge in [0.2, 0.25) is 0 Å². The molecule has 0 spiro atoms. The zero-order valence-corrected chi connectivity index (χ0v) is 18.6. The van der Waals surface area contributed by atoms with E-state index < -0.39 is 13.2 Å². The first-order valence-electron chi connectivity index (χ1n) is 10.7. The molecular weight excluding hydrogens is 419 g/mol. The molecule has 170 valence electrons. The highest BCUT2D eigenvalue weighted by Gasteiger charge is 2.30. The molecule has 4 rings (SSSR count). The average molecular weight is 446 g/mol. The van der Waals surface area contributed by atoms with E-state index in [2.05, 4.69) is 6.07 Å². The summed E-state index contributed by atoms with van der Waals surface area (Å²) in [4.78, 5) is 3.45. The van der Waals surface area contributed by atoms with Crippen molar-refractivity contribution in [2.24, 2.45) is 0 Å². The van der Waals surface area contributed by atoms with Crippen LogP contribution in [0.1, 0.15) is 17.2 Å². The second kappa shape index (κ2) is 9.89. The molecule has 1 aliphatic rings. The number of nitrogens with zero attached hydrogens (tertiary/aromatic N) is 2. The molecule has 3 aromatic rings. The van der Waals surface area contributed by atoms with Crippen molar-refractivity contribution in [1.29, 1.82) is 0 Å². The molecule has 1 atom stereocenters. The summed E-state index contributed by atoms with van der Waals surface area (Å²) in [5.41, 5.74) is 2.49. The highest BCUT2D eigenvalue weighted by atomic mass is 16.7. The lowest BCUT2D eigenvalue weighted by molar-refractivity contribution is 0.123. The van der Waals surface area contributed by atoms with Crippen molar-refractivity contribution < 1.29 is 24.6 Å². The van der Waals surface area contributed by atoms with Crippen LogP contribution in [-0.4, -0.2) is 52.9 Å². The molecule has 3 N–H and O–H groups in total. The molecular formula is C25H27BN2O5. The van der Waals surface area contributed by atoms with Gasteiger partial charge in [0.05, 0.1) is 18.5 Å². The summed E-state index contributed by atoms with van der Waals surface area (Å²) in [6, 6.07) is 21.6. The van der Waals surface area contributed by atoms with Gasteiger partial charge in [-0.3, -0.25) is 4.90 Å². The van der Waals surface area contributed by atoms with E-state index in [-0.39, 0.29) is 11.9 Å². The number of fused-ring (bicyclic) bond motifs is 1. The molecule has 1 aliphatic heterocycles. The standard InChI is InChI=1S/C25H27BN2O5/c1-27(15-23(29)21-11-10-19-7-3-4-8-20(19)13-21)14-18-6-5-9-22(12-18)26-32-24(30)16-28(2)17-25(31)33-26/h3-13,16-17,23,29-31H,14-15H2,1-2H3/b24-16-,25-17-. The molecule has 0 radical (unpaired) electrons.